The summed E-state index contributed by atoms with van der Waals surface area (Å²) in [5.74, 6) is 0.681. The Balaban J connectivity index is 2.09. The number of hydrogen-bond acceptors (Lipinski definition) is 3. The van der Waals surface area contributed by atoms with Crippen LogP contribution in [0.25, 0.3) is 0 Å². The molecule has 0 radical (unpaired) electrons. The van der Waals surface area contributed by atoms with Gasteiger partial charge in [-0.05, 0) is 19.3 Å². The van der Waals surface area contributed by atoms with Crippen molar-refractivity contribution in [3.63, 3.8) is 0 Å². The minimum atomic E-state index is -2.81. The molecule has 0 saturated heterocycles. The molecule has 96 valence electrons. The summed E-state index contributed by atoms with van der Waals surface area (Å²) in [7, 11) is -2.81. The highest BCUT2D eigenvalue weighted by molar-refractivity contribution is 7.91. The lowest BCUT2D eigenvalue weighted by Crippen LogP contribution is -2.31. The molecule has 1 aliphatic rings. The molecule has 0 aromatic heterocycles. The maximum Gasteiger partial charge on any atom is 0.151 e. The van der Waals surface area contributed by atoms with Gasteiger partial charge in [0.1, 0.15) is 0 Å². The summed E-state index contributed by atoms with van der Waals surface area (Å²) in [6.07, 6.45) is 7.95. The third-order valence-electron chi connectivity index (χ3n) is 3.26. The van der Waals surface area contributed by atoms with Crippen molar-refractivity contribution in [3.8, 4) is 0 Å². The van der Waals surface area contributed by atoms with E-state index in [1.54, 1.807) is 0 Å². The van der Waals surface area contributed by atoms with Crippen LogP contribution in [-0.4, -0.2) is 32.5 Å². The van der Waals surface area contributed by atoms with Gasteiger partial charge in [-0.3, -0.25) is 0 Å². The van der Waals surface area contributed by atoms with Crippen molar-refractivity contribution in [1.29, 1.82) is 0 Å². The quantitative estimate of drug-likeness (QED) is 0.668. The highest BCUT2D eigenvalue weighted by Crippen LogP contribution is 2.17. The fraction of sp³-hybridized carbons (Fsp3) is 1.00. The van der Waals surface area contributed by atoms with Gasteiger partial charge in [-0.25, -0.2) is 8.42 Å². The van der Waals surface area contributed by atoms with E-state index >= 15 is 0 Å². The van der Waals surface area contributed by atoms with Crippen molar-refractivity contribution < 1.29 is 8.42 Å². The lowest BCUT2D eigenvalue weighted by atomic mass is 10.2. The minimum Gasteiger partial charge on any atom is -0.313 e. The van der Waals surface area contributed by atoms with Crippen molar-refractivity contribution in [2.24, 2.45) is 0 Å². The van der Waals surface area contributed by atoms with Crippen LogP contribution in [0.5, 0.6) is 0 Å². The van der Waals surface area contributed by atoms with Crippen LogP contribution < -0.4 is 5.32 Å². The van der Waals surface area contributed by atoms with Gasteiger partial charge in [0, 0.05) is 12.6 Å². The first-order chi connectivity index (χ1) is 7.64. The molecule has 1 rings (SSSR count). The molecule has 0 bridgehead atoms. The van der Waals surface area contributed by atoms with Crippen LogP contribution in [0.1, 0.15) is 51.9 Å². The molecule has 0 atom stereocenters. The van der Waals surface area contributed by atoms with Crippen molar-refractivity contribution in [1.82, 2.24) is 5.32 Å². The lowest BCUT2D eigenvalue weighted by molar-refractivity contribution is 0.535. The van der Waals surface area contributed by atoms with Gasteiger partial charge in [0.15, 0.2) is 9.84 Å². The highest BCUT2D eigenvalue weighted by Gasteiger charge is 2.15. The third kappa shape index (κ3) is 5.85. The molecule has 0 spiro atoms. The van der Waals surface area contributed by atoms with Crippen LogP contribution in [-0.2, 0) is 9.84 Å². The molecule has 16 heavy (non-hydrogen) atoms. The molecule has 3 nitrogen and oxygen atoms in total. The first kappa shape index (κ1) is 14.0. The van der Waals surface area contributed by atoms with Gasteiger partial charge in [0.2, 0.25) is 0 Å². The largest absolute Gasteiger partial charge is 0.313 e. The maximum absolute atomic E-state index is 11.6. The molecule has 1 fully saturated rings. The number of rotatable bonds is 8. The van der Waals surface area contributed by atoms with Gasteiger partial charge in [-0.1, -0.05) is 32.6 Å². The Labute approximate surface area is 99.9 Å². The number of nitrogens with one attached hydrogen (secondary N) is 1. The number of hydrogen-bond donors (Lipinski definition) is 1. The Morgan fingerprint density at radius 3 is 2.44 bits per heavy atom. The molecule has 0 amide bonds. The van der Waals surface area contributed by atoms with Gasteiger partial charge in [-0.15, -0.1) is 0 Å². The van der Waals surface area contributed by atoms with Crippen LogP contribution in [0.2, 0.25) is 0 Å². The Morgan fingerprint density at radius 2 is 1.81 bits per heavy atom. The Kier molecular flexibility index (Phi) is 6.36. The lowest BCUT2D eigenvalue weighted by Gasteiger charge is -2.11. The van der Waals surface area contributed by atoms with E-state index in [0.717, 1.165) is 19.3 Å². The fourth-order valence-corrected chi connectivity index (χ4v) is 3.50. The SMILES string of the molecule is CCCCCS(=O)(=O)CCNC1CCCC1. The molecular formula is C12H25NO2S. The molecule has 0 aromatic rings. The first-order valence-corrected chi connectivity index (χ1v) is 8.40. The smallest absolute Gasteiger partial charge is 0.151 e. The topological polar surface area (TPSA) is 46.2 Å². The van der Waals surface area contributed by atoms with Crippen LogP contribution >= 0.6 is 0 Å². The summed E-state index contributed by atoms with van der Waals surface area (Å²) < 4.78 is 23.3. The van der Waals surface area contributed by atoms with Gasteiger partial charge in [-0.2, -0.15) is 0 Å². The van der Waals surface area contributed by atoms with Crippen LogP contribution in [0, 0.1) is 0 Å². The van der Waals surface area contributed by atoms with Gasteiger partial charge >= 0.3 is 0 Å². The van der Waals surface area contributed by atoms with Crippen molar-refractivity contribution in [2.75, 3.05) is 18.1 Å². The summed E-state index contributed by atoms with van der Waals surface area (Å²) in [4.78, 5) is 0. The summed E-state index contributed by atoms with van der Waals surface area (Å²) in [5.41, 5.74) is 0. The third-order valence-corrected chi connectivity index (χ3v) is 5.00. The maximum atomic E-state index is 11.6. The van der Waals surface area contributed by atoms with Crippen LogP contribution in [0.3, 0.4) is 0 Å². The summed E-state index contributed by atoms with van der Waals surface area (Å²) >= 11 is 0. The van der Waals surface area contributed by atoms with E-state index in [1.165, 1.54) is 25.7 Å². The van der Waals surface area contributed by atoms with E-state index in [4.69, 9.17) is 0 Å². The molecule has 0 aliphatic heterocycles. The molecule has 0 unspecified atom stereocenters. The second-order valence-corrected chi connectivity index (χ2v) is 7.10. The zero-order chi connectivity index (χ0) is 11.9. The van der Waals surface area contributed by atoms with Gasteiger partial charge in [0.05, 0.1) is 11.5 Å². The van der Waals surface area contributed by atoms with Crippen molar-refractivity contribution in [2.45, 2.75) is 57.9 Å². The Bertz CT molecular complexity index is 269. The highest BCUT2D eigenvalue weighted by atomic mass is 32.2. The summed E-state index contributed by atoms with van der Waals surface area (Å²) in [6.45, 7) is 2.73. The second-order valence-electron chi connectivity index (χ2n) is 4.79. The average molecular weight is 247 g/mol. The molecule has 0 aromatic carbocycles. The Hall–Kier alpha value is -0.0900. The molecular weight excluding hydrogens is 222 g/mol. The van der Waals surface area contributed by atoms with E-state index in [2.05, 4.69) is 12.2 Å². The monoisotopic (exact) mass is 247 g/mol. The predicted molar refractivity (Wildman–Crippen MR) is 68.4 cm³/mol. The van der Waals surface area contributed by atoms with E-state index in [-0.39, 0.29) is 0 Å². The van der Waals surface area contributed by atoms with E-state index in [0.29, 0.717) is 24.1 Å². The summed E-state index contributed by atoms with van der Waals surface area (Å²) in [5, 5.41) is 3.35. The van der Waals surface area contributed by atoms with E-state index in [9.17, 15) is 8.42 Å². The van der Waals surface area contributed by atoms with Gasteiger partial charge in [0.25, 0.3) is 0 Å². The molecule has 4 heteroatoms. The molecule has 1 N–H and O–H groups in total. The molecule has 1 aliphatic carbocycles. The van der Waals surface area contributed by atoms with Crippen LogP contribution in [0.15, 0.2) is 0 Å². The Morgan fingerprint density at radius 1 is 1.12 bits per heavy atom. The zero-order valence-electron chi connectivity index (χ0n) is 10.4. The van der Waals surface area contributed by atoms with E-state index in [1.807, 2.05) is 0 Å². The first-order valence-electron chi connectivity index (χ1n) is 6.58. The second kappa shape index (κ2) is 7.28. The number of sulfone groups is 1. The normalized spacial score (nSPS) is 18.1. The van der Waals surface area contributed by atoms with Crippen molar-refractivity contribution >= 4 is 9.84 Å². The standard InChI is InChI=1S/C12H25NO2S/c1-2-3-6-10-16(14,15)11-9-13-12-7-4-5-8-12/h12-13H,2-11H2,1H3. The number of unbranched alkanes of at least 4 members (excludes halogenated alkanes) is 2. The molecule has 1 saturated carbocycles. The summed E-state index contributed by atoms with van der Waals surface area (Å²) in [6, 6.07) is 0.575. The van der Waals surface area contributed by atoms with Crippen molar-refractivity contribution in [3.05, 3.63) is 0 Å². The van der Waals surface area contributed by atoms with Crippen LogP contribution in [0.4, 0.5) is 0 Å². The molecule has 0 heterocycles. The van der Waals surface area contributed by atoms with Gasteiger partial charge < -0.3 is 5.32 Å². The predicted octanol–water partition coefficient (Wildman–Crippen LogP) is 2.12. The zero-order valence-corrected chi connectivity index (χ0v) is 11.2. The average Bonchev–Trinajstić information content (AvgIpc) is 2.70. The minimum absolute atomic E-state index is 0.313. The van der Waals surface area contributed by atoms with E-state index < -0.39 is 9.84 Å². The fourth-order valence-electron chi connectivity index (χ4n) is 2.22.